The summed E-state index contributed by atoms with van der Waals surface area (Å²) in [5.74, 6) is 0.766. The third kappa shape index (κ3) is 3.51. The first kappa shape index (κ1) is 10.8. The first-order valence-electron chi connectivity index (χ1n) is 5.68. The summed E-state index contributed by atoms with van der Waals surface area (Å²) in [4.78, 5) is 0. The van der Waals surface area contributed by atoms with Gasteiger partial charge in [0.25, 0.3) is 0 Å². The van der Waals surface area contributed by atoms with E-state index < -0.39 is 0 Å². The highest BCUT2D eigenvalue weighted by atomic mass is 14.9. The second-order valence-corrected chi connectivity index (χ2v) is 4.29. The summed E-state index contributed by atoms with van der Waals surface area (Å²) < 4.78 is 0. The molecule has 0 saturated carbocycles. The van der Waals surface area contributed by atoms with Gasteiger partial charge in [0.05, 0.1) is 0 Å². The zero-order valence-corrected chi connectivity index (χ0v) is 9.27. The Labute approximate surface area is 82.6 Å². The number of allylic oxidation sites excluding steroid dienone is 1. The molecule has 0 aromatic carbocycles. The lowest BCUT2D eigenvalue weighted by Crippen LogP contribution is -2.33. The summed E-state index contributed by atoms with van der Waals surface area (Å²) in [6.45, 7) is 8.07. The Hall–Kier alpha value is -0.300. The van der Waals surface area contributed by atoms with Crippen LogP contribution in [-0.2, 0) is 0 Å². The Morgan fingerprint density at radius 2 is 2.38 bits per heavy atom. The van der Waals surface area contributed by atoms with E-state index in [2.05, 4.69) is 32.2 Å². The zero-order valence-electron chi connectivity index (χ0n) is 9.27. The monoisotopic (exact) mass is 181 g/mol. The van der Waals surface area contributed by atoms with Gasteiger partial charge in [-0.3, -0.25) is 0 Å². The maximum Gasteiger partial charge on any atom is 0.0251 e. The van der Waals surface area contributed by atoms with Crippen LogP contribution < -0.4 is 5.32 Å². The maximum atomic E-state index is 3.51. The molecule has 0 aliphatic carbocycles. The number of piperidine rings is 1. The van der Waals surface area contributed by atoms with E-state index in [1.807, 2.05) is 0 Å². The SMILES string of the molecule is CCCC(C)/C=C1/CCCNC1C. The molecule has 0 bridgehead atoms. The van der Waals surface area contributed by atoms with E-state index >= 15 is 0 Å². The van der Waals surface area contributed by atoms with E-state index in [0.717, 1.165) is 5.92 Å². The Morgan fingerprint density at radius 3 is 3.00 bits per heavy atom. The minimum atomic E-state index is 0.619. The van der Waals surface area contributed by atoms with Gasteiger partial charge in [-0.25, -0.2) is 0 Å². The van der Waals surface area contributed by atoms with Crippen molar-refractivity contribution in [3.05, 3.63) is 11.6 Å². The second kappa shape index (κ2) is 5.43. The van der Waals surface area contributed by atoms with E-state index in [9.17, 15) is 0 Å². The summed E-state index contributed by atoms with van der Waals surface area (Å²) in [5, 5.41) is 3.51. The molecular formula is C12H23N. The predicted octanol–water partition coefficient (Wildman–Crippen LogP) is 3.12. The molecule has 0 spiro atoms. The molecular weight excluding hydrogens is 158 g/mol. The van der Waals surface area contributed by atoms with Crippen LogP contribution in [0.15, 0.2) is 11.6 Å². The molecule has 2 unspecified atom stereocenters. The van der Waals surface area contributed by atoms with Crippen molar-refractivity contribution in [3.63, 3.8) is 0 Å². The van der Waals surface area contributed by atoms with Crippen molar-refractivity contribution in [2.24, 2.45) is 5.92 Å². The van der Waals surface area contributed by atoms with Gasteiger partial charge in [0.15, 0.2) is 0 Å². The molecule has 1 aliphatic rings. The van der Waals surface area contributed by atoms with E-state index in [1.165, 1.54) is 32.2 Å². The van der Waals surface area contributed by atoms with Gasteiger partial charge in [-0.2, -0.15) is 0 Å². The van der Waals surface area contributed by atoms with Crippen LogP contribution in [-0.4, -0.2) is 12.6 Å². The fraction of sp³-hybridized carbons (Fsp3) is 0.833. The van der Waals surface area contributed by atoms with Gasteiger partial charge in [-0.05, 0) is 38.6 Å². The van der Waals surface area contributed by atoms with Gasteiger partial charge in [0, 0.05) is 6.04 Å². The standard InChI is InChI=1S/C12H23N/c1-4-6-10(2)9-12-7-5-8-13-11(12)3/h9-11,13H,4-8H2,1-3H3/b12-9-. The Kier molecular flexibility index (Phi) is 4.51. The number of rotatable bonds is 3. The lowest BCUT2D eigenvalue weighted by Gasteiger charge is -2.24. The molecule has 1 N–H and O–H groups in total. The third-order valence-electron chi connectivity index (χ3n) is 2.89. The van der Waals surface area contributed by atoms with E-state index in [0.29, 0.717) is 6.04 Å². The average molecular weight is 181 g/mol. The molecule has 0 radical (unpaired) electrons. The molecule has 2 atom stereocenters. The van der Waals surface area contributed by atoms with Crippen LogP contribution in [0.5, 0.6) is 0 Å². The molecule has 1 heterocycles. The molecule has 76 valence electrons. The van der Waals surface area contributed by atoms with Crippen molar-refractivity contribution in [2.45, 2.75) is 52.5 Å². The Morgan fingerprint density at radius 1 is 1.62 bits per heavy atom. The van der Waals surface area contributed by atoms with Crippen molar-refractivity contribution in [1.29, 1.82) is 0 Å². The Bertz CT molecular complexity index is 172. The third-order valence-corrected chi connectivity index (χ3v) is 2.89. The van der Waals surface area contributed by atoms with Crippen molar-refractivity contribution in [2.75, 3.05) is 6.54 Å². The second-order valence-electron chi connectivity index (χ2n) is 4.29. The lowest BCUT2D eigenvalue weighted by atomic mass is 9.93. The van der Waals surface area contributed by atoms with E-state index in [-0.39, 0.29) is 0 Å². The molecule has 0 amide bonds. The summed E-state index contributed by atoms with van der Waals surface area (Å²) in [6, 6.07) is 0.619. The summed E-state index contributed by atoms with van der Waals surface area (Å²) >= 11 is 0. The van der Waals surface area contributed by atoms with Crippen LogP contribution in [0, 0.1) is 5.92 Å². The highest BCUT2D eigenvalue weighted by molar-refractivity contribution is 5.13. The van der Waals surface area contributed by atoms with Gasteiger partial charge in [0.1, 0.15) is 0 Å². The van der Waals surface area contributed by atoms with Gasteiger partial charge < -0.3 is 5.32 Å². The zero-order chi connectivity index (χ0) is 9.68. The highest BCUT2D eigenvalue weighted by Gasteiger charge is 2.13. The van der Waals surface area contributed by atoms with Gasteiger partial charge in [-0.1, -0.05) is 31.9 Å². The van der Waals surface area contributed by atoms with Crippen molar-refractivity contribution in [1.82, 2.24) is 5.32 Å². The molecule has 0 aromatic heterocycles. The maximum absolute atomic E-state index is 3.51. The van der Waals surface area contributed by atoms with Crippen molar-refractivity contribution in [3.8, 4) is 0 Å². The molecule has 1 fully saturated rings. The molecule has 1 saturated heterocycles. The number of hydrogen-bond donors (Lipinski definition) is 1. The lowest BCUT2D eigenvalue weighted by molar-refractivity contribution is 0.505. The fourth-order valence-electron chi connectivity index (χ4n) is 2.09. The minimum Gasteiger partial charge on any atom is -0.311 e. The van der Waals surface area contributed by atoms with Crippen LogP contribution in [0.1, 0.15) is 46.5 Å². The van der Waals surface area contributed by atoms with Crippen molar-refractivity contribution < 1.29 is 0 Å². The fourth-order valence-corrected chi connectivity index (χ4v) is 2.09. The average Bonchev–Trinajstić information content (AvgIpc) is 2.09. The first-order valence-corrected chi connectivity index (χ1v) is 5.68. The molecule has 1 aliphatic heterocycles. The minimum absolute atomic E-state index is 0.619. The van der Waals surface area contributed by atoms with E-state index in [1.54, 1.807) is 5.57 Å². The van der Waals surface area contributed by atoms with E-state index in [4.69, 9.17) is 0 Å². The van der Waals surface area contributed by atoms with Crippen LogP contribution >= 0.6 is 0 Å². The topological polar surface area (TPSA) is 12.0 Å². The highest BCUT2D eigenvalue weighted by Crippen LogP contribution is 2.19. The van der Waals surface area contributed by atoms with Crippen LogP contribution in [0.25, 0.3) is 0 Å². The number of nitrogens with one attached hydrogen (secondary N) is 1. The first-order chi connectivity index (χ1) is 6.24. The van der Waals surface area contributed by atoms with Crippen LogP contribution in [0.4, 0.5) is 0 Å². The quantitative estimate of drug-likeness (QED) is 0.660. The van der Waals surface area contributed by atoms with Gasteiger partial charge in [-0.15, -0.1) is 0 Å². The molecule has 1 nitrogen and oxygen atoms in total. The van der Waals surface area contributed by atoms with Crippen LogP contribution in [0.2, 0.25) is 0 Å². The summed E-state index contributed by atoms with van der Waals surface area (Å²) in [7, 11) is 0. The van der Waals surface area contributed by atoms with Crippen molar-refractivity contribution >= 4 is 0 Å². The summed E-state index contributed by atoms with van der Waals surface area (Å²) in [6.07, 6.45) is 7.74. The molecule has 13 heavy (non-hydrogen) atoms. The number of hydrogen-bond acceptors (Lipinski definition) is 1. The normalized spacial score (nSPS) is 29.2. The summed E-state index contributed by atoms with van der Waals surface area (Å²) in [5.41, 5.74) is 1.63. The molecule has 1 rings (SSSR count). The predicted molar refractivity (Wildman–Crippen MR) is 58.9 cm³/mol. The molecule has 0 aromatic rings. The van der Waals surface area contributed by atoms with Crippen LogP contribution in [0.3, 0.4) is 0 Å². The molecule has 1 heteroatoms. The van der Waals surface area contributed by atoms with Gasteiger partial charge in [0.2, 0.25) is 0 Å². The Balaban J connectivity index is 2.46. The van der Waals surface area contributed by atoms with Gasteiger partial charge >= 0.3 is 0 Å². The smallest absolute Gasteiger partial charge is 0.0251 e. The largest absolute Gasteiger partial charge is 0.311 e.